The molecule has 4 nitrogen and oxygen atoms in total. The third-order valence-electron chi connectivity index (χ3n) is 5.14. The number of halogens is 1. The van der Waals surface area contributed by atoms with Gasteiger partial charge in [-0.2, -0.15) is 0 Å². The van der Waals surface area contributed by atoms with E-state index in [1.54, 1.807) is 0 Å². The molecule has 3 rings (SSSR count). The highest BCUT2D eigenvalue weighted by atomic mass is 19.1. The Morgan fingerprint density at radius 2 is 1.93 bits per heavy atom. The molecule has 1 atom stereocenters. The molecule has 0 radical (unpaired) electrons. The molecule has 144 valence electrons. The molecule has 0 aliphatic carbocycles. The Kier molecular flexibility index (Phi) is 6.82. The van der Waals surface area contributed by atoms with Gasteiger partial charge in [-0.05, 0) is 49.2 Å². The molecule has 1 saturated heterocycles. The van der Waals surface area contributed by atoms with Crippen molar-refractivity contribution in [3.8, 4) is 0 Å². The lowest BCUT2D eigenvalue weighted by atomic mass is 9.96. The Labute approximate surface area is 161 Å². The standard InChI is InChI=1S/C22H28FN3O/c1-25(21-7-3-2-4-8-21)15-13-24-22(27)19-6-5-14-26(17-19)16-18-9-11-20(23)12-10-18/h2-4,7-12,19H,5-6,13-17H2,1H3,(H,24,27). The van der Waals surface area contributed by atoms with Crippen LogP contribution in [0.3, 0.4) is 0 Å². The normalized spacial score (nSPS) is 17.5. The van der Waals surface area contributed by atoms with Crippen molar-refractivity contribution in [2.75, 3.05) is 38.1 Å². The largest absolute Gasteiger partial charge is 0.373 e. The minimum Gasteiger partial charge on any atom is -0.373 e. The number of para-hydroxylation sites is 1. The maximum absolute atomic E-state index is 13.0. The van der Waals surface area contributed by atoms with Crippen LogP contribution in [0.2, 0.25) is 0 Å². The average molecular weight is 369 g/mol. The van der Waals surface area contributed by atoms with E-state index >= 15 is 0 Å². The molecule has 0 saturated carbocycles. The molecule has 1 fully saturated rings. The Morgan fingerprint density at radius 3 is 2.67 bits per heavy atom. The number of rotatable bonds is 7. The van der Waals surface area contributed by atoms with Crippen molar-refractivity contribution in [3.63, 3.8) is 0 Å². The molecular formula is C22H28FN3O. The van der Waals surface area contributed by atoms with Gasteiger partial charge >= 0.3 is 0 Å². The number of benzene rings is 2. The number of carbonyl (C=O) groups is 1. The molecule has 2 aromatic rings. The number of hydrogen-bond donors (Lipinski definition) is 1. The van der Waals surface area contributed by atoms with Crippen molar-refractivity contribution in [2.45, 2.75) is 19.4 Å². The van der Waals surface area contributed by atoms with Gasteiger partial charge < -0.3 is 10.2 Å². The van der Waals surface area contributed by atoms with E-state index in [0.29, 0.717) is 6.54 Å². The highest BCUT2D eigenvalue weighted by Crippen LogP contribution is 2.19. The Hall–Kier alpha value is -2.40. The van der Waals surface area contributed by atoms with Crippen molar-refractivity contribution in [1.82, 2.24) is 10.2 Å². The van der Waals surface area contributed by atoms with Gasteiger partial charge in [0.15, 0.2) is 0 Å². The summed E-state index contributed by atoms with van der Waals surface area (Å²) in [6.07, 6.45) is 1.95. The van der Waals surface area contributed by atoms with E-state index in [-0.39, 0.29) is 17.6 Å². The molecule has 1 N–H and O–H groups in total. The fraction of sp³-hybridized carbons (Fsp3) is 0.409. The van der Waals surface area contributed by atoms with Crippen LogP contribution in [0.1, 0.15) is 18.4 Å². The summed E-state index contributed by atoms with van der Waals surface area (Å²) in [5.74, 6) is -0.0448. The molecule has 1 aliphatic heterocycles. The Balaban J connectivity index is 1.43. The van der Waals surface area contributed by atoms with Crippen LogP contribution in [0.15, 0.2) is 54.6 Å². The van der Waals surface area contributed by atoms with Crippen LogP contribution in [0.4, 0.5) is 10.1 Å². The van der Waals surface area contributed by atoms with Gasteiger partial charge in [0, 0.05) is 38.9 Å². The third-order valence-corrected chi connectivity index (χ3v) is 5.14. The van der Waals surface area contributed by atoms with Crippen LogP contribution in [-0.2, 0) is 11.3 Å². The number of hydrogen-bond acceptors (Lipinski definition) is 3. The molecule has 5 heteroatoms. The fourth-order valence-corrected chi connectivity index (χ4v) is 3.56. The average Bonchev–Trinajstić information content (AvgIpc) is 2.70. The van der Waals surface area contributed by atoms with E-state index in [2.05, 4.69) is 27.2 Å². The molecule has 27 heavy (non-hydrogen) atoms. The smallest absolute Gasteiger partial charge is 0.224 e. The van der Waals surface area contributed by atoms with E-state index in [1.807, 2.05) is 37.4 Å². The lowest BCUT2D eigenvalue weighted by Crippen LogP contribution is -2.44. The van der Waals surface area contributed by atoms with E-state index in [4.69, 9.17) is 0 Å². The second-order valence-corrected chi connectivity index (χ2v) is 7.25. The number of piperidine rings is 1. The molecule has 0 aromatic heterocycles. The number of amides is 1. The van der Waals surface area contributed by atoms with E-state index in [1.165, 1.54) is 12.1 Å². The zero-order valence-corrected chi connectivity index (χ0v) is 15.9. The molecule has 1 amide bonds. The minimum absolute atomic E-state index is 0.0289. The molecule has 0 spiro atoms. The summed E-state index contributed by atoms with van der Waals surface area (Å²) in [5, 5.41) is 3.09. The predicted molar refractivity (Wildman–Crippen MR) is 107 cm³/mol. The summed E-state index contributed by atoms with van der Waals surface area (Å²) in [7, 11) is 2.03. The van der Waals surface area contributed by atoms with Crippen molar-refractivity contribution in [3.05, 3.63) is 66.0 Å². The maximum Gasteiger partial charge on any atom is 0.224 e. The van der Waals surface area contributed by atoms with Crippen LogP contribution in [-0.4, -0.2) is 44.0 Å². The lowest BCUT2D eigenvalue weighted by Gasteiger charge is -2.32. The van der Waals surface area contributed by atoms with E-state index in [0.717, 1.165) is 50.3 Å². The zero-order valence-electron chi connectivity index (χ0n) is 15.9. The maximum atomic E-state index is 13.0. The summed E-state index contributed by atoms with van der Waals surface area (Å²) in [5.41, 5.74) is 2.23. The number of anilines is 1. The van der Waals surface area contributed by atoms with Gasteiger partial charge in [0.25, 0.3) is 0 Å². The third kappa shape index (κ3) is 5.79. The van der Waals surface area contributed by atoms with Crippen molar-refractivity contribution in [2.24, 2.45) is 5.92 Å². The lowest BCUT2D eigenvalue weighted by molar-refractivity contribution is -0.126. The Morgan fingerprint density at radius 1 is 1.19 bits per heavy atom. The summed E-state index contributed by atoms with van der Waals surface area (Å²) >= 11 is 0. The number of likely N-dealkylation sites (tertiary alicyclic amines) is 1. The van der Waals surface area contributed by atoms with Crippen LogP contribution >= 0.6 is 0 Å². The van der Waals surface area contributed by atoms with Gasteiger partial charge in [0.2, 0.25) is 5.91 Å². The summed E-state index contributed by atoms with van der Waals surface area (Å²) < 4.78 is 13.0. The molecule has 1 heterocycles. The summed E-state index contributed by atoms with van der Waals surface area (Å²) in [6.45, 7) is 3.93. The number of nitrogens with one attached hydrogen (secondary N) is 1. The van der Waals surface area contributed by atoms with Gasteiger partial charge in [-0.1, -0.05) is 30.3 Å². The Bertz CT molecular complexity index is 720. The SMILES string of the molecule is CN(CCNC(=O)C1CCCN(Cc2ccc(F)cc2)C1)c1ccccc1. The van der Waals surface area contributed by atoms with E-state index < -0.39 is 0 Å². The van der Waals surface area contributed by atoms with E-state index in [9.17, 15) is 9.18 Å². The van der Waals surface area contributed by atoms with Crippen molar-refractivity contribution in [1.29, 1.82) is 0 Å². The molecule has 1 unspecified atom stereocenters. The molecule has 0 bridgehead atoms. The summed E-state index contributed by atoms with van der Waals surface area (Å²) in [4.78, 5) is 17.0. The van der Waals surface area contributed by atoms with Gasteiger partial charge in [-0.15, -0.1) is 0 Å². The topological polar surface area (TPSA) is 35.6 Å². The van der Waals surface area contributed by atoms with Gasteiger partial charge in [-0.3, -0.25) is 9.69 Å². The van der Waals surface area contributed by atoms with Gasteiger partial charge in [0.1, 0.15) is 5.82 Å². The number of likely N-dealkylation sites (N-methyl/N-ethyl adjacent to an activating group) is 1. The first-order valence-corrected chi connectivity index (χ1v) is 9.62. The van der Waals surface area contributed by atoms with Crippen LogP contribution in [0.25, 0.3) is 0 Å². The quantitative estimate of drug-likeness (QED) is 0.814. The van der Waals surface area contributed by atoms with Crippen LogP contribution < -0.4 is 10.2 Å². The molecule has 2 aromatic carbocycles. The second-order valence-electron chi connectivity index (χ2n) is 7.25. The molecule has 1 aliphatic rings. The first-order chi connectivity index (χ1) is 13.1. The number of carbonyl (C=O) groups excluding carboxylic acids is 1. The minimum atomic E-state index is -0.213. The van der Waals surface area contributed by atoms with Crippen LogP contribution in [0, 0.1) is 11.7 Å². The molecular weight excluding hydrogens is 341 g/mol. The van der Waals surface area contributed by atoms with Crippen molar-refractivity contribution >= 4 is 11.6 Å². The van der Waals surface area contributed by atoms with Crippen LogP contribution in [0.5, 0.6) is 0 Å². The predicted octanol–water partition coefficient (Wildman–Crippen LogP) is 3.29. The van der Waals surface area contributed by atoms with Crippen molar-refractivity contribution < 1.29 is 9.18 Å². The fourth-order valence-electron chi connectivity index (χ4n) is 3.56. The monoisotopic (exact) mass is 369 g/mol. The number of nitrogens with zero attached hydrogens (tertiary/aromatic N) is 2. The first-order valence-electron chi connectivity index (χ1n) is 9.62. The second kappa shape index (κ2) is 9.51. The highest BCUT2D eigenvalue weighted by Gasteiger charge is 2.25. The van der Waals surface area contributed by atoms with Gasteiger partial charge in [0.05, 0.1) is 5.92 Å². The first kappa shape index (κ1) is 19.4. The van der Waals surface area contributed by atoms with Gasteiger partial charge in [-0.25, -0.2) is 4.39 Å². The zero-order chi connectivity index (χ0) is 19.1. The summed E-state index contributed by atoms with van der Waals surface area (Å²) in [6, 6.07) is 16.8. The highest BCUT2D eigenvalue weighted by molar-refractivity contribution is 5.79.